The Balaban J connectivity index is 2.72. The summed E-state index contributed by atoms with van der Waals surface area (Å²) in [4.78, 5) is 0. The van der Waals surface area contributed by atoms with Gasteiger partial charge in [0, 0.05) is 11.6 Å². The highest BCUT2D eigenvalue weighted by Crippen LogP contribution is 2.22. The van der Waals surface area contributed by atoms with Crippen LogP contribution in [0.25, 0.3) is 0 Å². The van der Waals surface area contributed by atoms with E-state index in [9.17, 15) is 5.11 Å². The Kier molecular flexibility index (Phi) is 3.36. The van der Waals surface area contributed by atoms with Gasteiger partial charge >= 0.3 is 0 Å². The highest BCUT2D eigenvalue weighted by molar-refractivity contribution is 5.34. The molecule has 2 heteroatoms. The zero-order valence-electron chi connectivity index (χ0n) is 7.62. The number of nitrogens with one attached hydrogen (secondary N) is 1. The van der Waals surface area contributed by atoms with Gasteiger partial charge in [0.05, 0.1) is 6.54 Å². The van der Waals surface area contributed by atoms with E-state index in [-0.39, 0.29) is 6.04 Å². The third kappa shape index (κ3) is 2.50. The van der Waals surface area contributed by atoms with Gasteiger partial charge in [0.1, 0.15) is 5.75 Å². The van der Waals surface area contributed by atoms with Crippen molar-refractivity contribution >= 4 is 0 Å². The second-order valence-electron chi connectivity index (χ2n) is 2.87. The van der Waals surface area contributed by atoms with E-state index in [1.165, 1.54) is 0 Å². The fourth-order valence-electron chi connectivity index (χ4n) is 1.18. The molecule has 2 nitrogen and oxygen atoms in total. The van der Waals surface area contributed by atoms with Gasteiger partial charge in [-0.3, -0.25) is 5.32 Å². The first kappa shape index (κ1) is 9.63. The van der Waals surface area contributed by atoms with Crippen molar-refractivity contribution in [2.75, 3.05) is 6.54 Å². The lowest BCUT2D eigenvalue weighted by molar-refractivity contribution is 0.456. The minimum atomic E-state index is 0.0808. The highest BCUT2D eigenvalue weighted by atomic mass is 16.3. The van der Waals surface area contributed by atoms with E-state index >= 15 is 0 Å². The Labute approximate surface area is 78.6 Å². The Morgan fingerprint density at radius 1 is 1.54 bits per heavy atom. The monoisotopic (exact) mass is 175 g/mol. The van der Waals surface area contributed by atoms with Gasteiger partial charge in [-0.15, -0.1) is 6.42 Å². The molecule has 0 unspecified atom stereocenters. The fourth-order valence-corrected chi connectivity index (χ4v) is 1.18. The topological polar surface area (TPSA) is 32.3 Å². The van der Waals surface area contributed by atoms with E-state index in [2.05, 4.69) is 11.2 Å². The molecule has 0 radical (unpaired) electrons. The first-order valence-corrected chi connectivity index (χ1v) is 4.20. The summed E-state index contributed by atoms with van der Waals surface area (Å²) in [5.74, 6) is 2.80. The van der Waals surface area contributed by atoms with Crippen LogP contribution in [-0.2, 0) is 0 Å². The molecule has 0 aromatic heterocycles. The average molecular weight is 175 g/mol. The normalized spacial score (nSPS) is 12.0. The molecule has 2 N–H and O–H groups in total. The highest BCUT2D eigenvalue weighted by Gasteiger charge is 2.07. The molecule has 1 atom stereocenters. The van der Waals surface area contributed by atoms with Crippen molar-refractivity contribution in [2.45, 2.75) is 13.0 Å². The molecule has 0 aliphatic heterocycles. The lowest BCUT2D eigenvalue weighted by atomic mass is 10.1. The molecule has 13 heavy (non-hydrogen) atoms. The quantitative estimate of drug-likeness (QED) is 0.685. The predicted molar refractivity (Wildman–Crippen MR) is 53.4 cm³/mol. The second-order valence-corrected chi connectivity index (χ2v) is 2.87. The fraction of sp³-hybridized carbons (Fsp3) is 0.273. The molecule has 0 saturated heterocycles. The molecule has 0 heterocycles. The van der Waals surface area contributed by atoms with E-state index in [0.29, 0.717) is 12.3 Å². The second kappa shape index (κ2) is 4.54. The van der Waals surface area contributed by atoms with E-state index in [1.54, 1.807) is 12.1 Å². The van der Waals surface area contributed by atoms with Crippen molar-refractivity contribution in [3.05, 3.63) is 29.8 Å². The number of phenolic OH excluding ortho intramolecular Hbond substituents is 1. The molecule has 1 aromatic rings. The average Bonchev–Trinajstić information content (AvgIpc) is 2.15. The summed E-state index contributed by atoms with van der Waals surface area (Å²) >= 11 is 0. The van der Waals surface area contributed by atoms with Crippen LogP contribution in [0, 0.1) is 12.3 Å². The zero-order valence-corrected chi connectivity index (χ0v) is 7.62. The van der Waals surface area contributed by atoms with Gasteiger partial charge in [0.15, 0.2) is 0 Å². The number of rotatable bonds is 3. The molecule has 0 aliphatic rings. The number of aromatic hydroxyl groups is 1. The molecular weight excluding hydrogens is 162 g/mol. The molecular formula is C11H13NO. The molecule has 0 amide bonds. The number of benzene rings is 1. The smallest absolute Gasteiger partial charge is 0.120 e. The predicted octanol–water partition coefficient (Wildman–Crippen LogP) is 1.68. The van der Waals surface area contributed by atoms with Crippen molar-refractivity contribution in [3.8, 4) is 18.1 Å². The lowest BCUT2D eigenvalue weighted by Crippen LogP contribution is -2.18. The summed E-state index contributed by atoms with van der Waals surface area (Å²) in [5, 5.41) is 12.6. The molecule has 1 aromatic carbocycles. The summed E-state index contributed by atoms with van der Waals surface area (Å²) in [5.41, 5.74) is 0.873. The Bertz CT molecular complexity index is 314. The van der Waals surface area contributed by atoms with Gasteiger partial charge in [0.25, 0.3) is 0 Å². The largest absolute Gasteiger partial charge is 0.508 e. The zero-order chi connectivity index (χ0) is 9.68. The van der Waals surface area contributed by atoms with Crippen molar-refractivity contribution < 1.29 is 5.11 Å². The van der Waals surface area contributed by atoms with Gasteiger partial charge in [-0.1, -0.05) is 24.1 Å². The van der Waals surface area contributed by atoms with Gasteiger partial charge in [0.2, 0.25) is 0 Å². The maximum atomic E-state index is 9.49. The molecule has 0 aliphatic carbocycles. The first-order chi connectivity index (χ1) is 6.25. The summed E-state index contributed by atoms with van der Waals surface area (Å²) in [6.07, 6.45) is 5.12. The first-order valence-electron chi connectivity index (χ1n) is 4.20. The van der Waals surface area contributed by atoms with Crippen molar-refractivity contribution in [3.63, 3.8) is 0 Å². The summed E-state index contributed by atoms with van der Waals surface area (Å²) in [7, 11) is 0. The number of hydrogen-bond donors (Lipinski definition) is 2. The van der Waals surface area contributed by atoms with Crippen molar-refractivity contribution in [1.29, 1.82) is 0 Å². The van der Waals surface area contributed by atoms with Gasteiger partial charge < -0.3 is 5.11 Å². The van der Waals surface area contributed by atoms with Gasteiger partial charge in [-0.25, -0.2) is 0 Å². The molecule has 0 saturated carbocycles. The van der Waals surface area contributed by atoms with E-state index < -0.39 is 0 Å². The summed E-state index contributed by atoms with van der Waals surface area (Å²) < 4.78 is 0. The molecule has 0 spiro atoms. The summed E-state index contributed by atoms with van der Waals surface area (Å²) in [6, 6.07) is 7.32. The molecule has 1 rings (SSSR count). The van der Waals surface area contributed by atoms with Crippen molar-refractivity contribution in [2.24, 2.45) is 0 Å². The third-order valence-corrected chi connectivity index (χ3v) is 1.91. The van der Waals surface area contributed by atoms with Crippen LogP contribution < -0.4 is 5.32 Å². The molecule has 0 bridgehead atoms. The van der Waals surface area contributed by atoms with Crippen molar-refractivity contribution in [1.82, 2.24) is 5.32 Å². The SMILES string of the molecule is C#CCN[C@H](C)c1ccccc1O. The molecule has 68 valence electrons. The van der Waals surface area contributed by atoms with Crippen LogP contribution in [0.4, 0.5) is 0 Å². The van der Waals surface area contributed by atoms with Crippen LogP contribution in [0.5, 0.6) is 5.75 Å². The Morgan fingerprint density at radius 3 is 2.85 bits per heavy atom. The van der Waals surface area contributed by atoms with Crippen LogP contribution >= 0.6 is 0 Å². The lowest BCUT2D eigenvalue weighted by Gasteiger charge is -2.13. The van der Waals surface area contributed by atoms with Crippen LogP contribution in [0.15, 0.2) is 24.3 Å². The van der Waals surface area contributed by atoms with E-state index in [0.717, 1.165) is 5.56 Å². The maximum Gasteiger partial charge on any atom is 0.120 e. The van der Waals surface area contributed by atoms with Crippen LogP contribution in [0.3, 0.4) is 0 Å². The standard InChI is InChI=1S/C11H13NO/c1-3-8-12-9(2)10-6-4-5-7-11(10)13/h1,4-7,9,12-13H,8H2,2H3/t9-/m1/s1. The van der Waals surface area contributed by atoms with Crippen LogP contribution in [-0.4, -0.2) is 11.7 Å². The molecule has 0 fully saturated rings. The number of para-hydroxylation sites is 1. The van der Waals surface area contributed by atoms with E-state index in [4.69, 9.17) is 6.42 Å². The van der Waals surface area contributed by atoms with Crippen LogP contribution in [0.1, 0.15) is 18.5 Å². The minimum Gasteiger partial charge on any atom is -0.508 e. The number of hydrogen-bond acceptors (Lipinski definition) is 2. The summed E-state index contributed by atoms with van der Waals surface area (Å²) in [6.45, 7) is 2.47. The minimum absolute atomic E-state index is 0.0808. The Hall–Kier alpha value is -1.46. The Morgan fingerprint density at radius 2 is 2.23 bits per heavy atom. The number of phenols is 1. The van der Waals surface area contributed by atoms with E-state index in [1.807, 2.05) is 19.1 Å². The van der Waals surface area contributed by atoms with Gasteiger partial charge in [-0.05, 0) is 13.0 Å². The maximum absolute atomic E-state index is 9.49. The van der Waals surface area contributed by atoms with Crippen LogP contribution in [0.2, 0.25) is 0 Å². The van der Waals surface area contributed by atoms with Gasteiger partial charge in [-0.2, -0.15) is 0 Å². The third-order valence-electron chi connectivity index (χ3n) is 1.91. The number of terminal acetylenes is 1.